The third kappa shape index (κ3) is 4.23. The van der Waals surface area contributed by atoms with Crippen LogP contribution < -0.4 is 0 Å². The van der Waals surface area contributed by atoms with Gasteiger partial charge in [0.05, 0.1) is 25.9 Å². The number of benzene rings is 1. The van der Waals surface area contributed by atoms with Gasteiger partial charge in [-0.15, -0.1) is 11.3 Å². The van der Waals surface area contributed by atoms with Crippen LogP contribution >= 0.6 is 11.3 Å². The van der Waals surface area contributed by atoms with Gasteiger partial charge in [-0.05, 0) is 24.1 Å². The number of thiophene rings is 1. The second kappa shape index (κ2) is 9.04. The number of nitrogens with zero attached hydrogens (tertiary/aromatic N) is 3. The minimum absolute atomic E-state index is 0.0703. The number of morpholine rings is 2. The Balaban J connectivity index is 1.45. The van der Waals surface area contributed by atoms with E-state index in [9.17, 15) is 4.79 Å². The Labute approximate surface area is 186 Å². The van der Waals surface area contributed by atoms with E-state index in [0.717, 1.165) is 40.3 Å². The molecule has 5 rings (SSSR count). The molecule has 7 heteroatoms. The summed E-state index contributed by atoms with van der Waals surface area (Å²) in [5.41, 5.74) is 3.64. The molecule has 162 valence electrons. The summed E-state index contributed by atoms with van der Waals surface area (Å²) in [5.74, 6) is 0.0703. The number of pyridine rings is 1. The van der Waals surface area contributed by atoms with Crippen LogP contribution in [0.15, 0.2) is 42.6 Å². The van der Waals surface area contributed by atoms with Crippen molar-refractivity contribution in [3.8, 4) is 0 Å². The third-order valence-corrected chi connectivity index (χ3v) is 7.24. The van der Waals surface area contributed by atoms with E-state index in [2.05, 4.69) is 47.1 Å². The monoisotopic (exact) mass is 437 g/mol. The third-order valence-electron chi connectivity index (χ3n) is 6.12. The first kappa shape index (κ1) is 20.6. The smallest absolute Gasteiger partial charge is 0.264 e. The van der Waals surface area contributed by atoms with E-state index in [-0.39, 0.29) is 12.0 Å². The van der Waals surface area contributed by atoms with Crippen molar-refractivity contribution in [1.29, 1.82) is 0 Å². The Morgan fingerprint density at radius 3 is 2.81 bits per heavy atom. The minimum Gasteiger partial charge on any atom is -0.378 e. The first-order valence-corrected chi connectivity index (χ1v) is 11.7. The maximum atomic E-state index is 13.4. The van der Waals surface area contributed by atoms with Crippen molar-refractivity contribution in [3.63, 3.8) is 0 Å². The van der Waals surface area contributed by atoms with Crippen LogP contribution in [0.1, 0.15) is 32.5 Å². The lowest BCUT2D eigenvalue weighted by Gasteiger charge is -2.34. The summed E-state index contributed by atoms with van der Waals surface area (Å²) in [6, 6.07) is 12.5. The Kier molecular flexibility index (Phi) is 6.00. The van der Waals surface area contributed by atoms with Crippen LogP contribution in [0, 0.1) is 6.92 Å². The van der Waals surface area contributed by atoms with Crippen molar-refractivity contribution in [1.82, 2.24) is 14.8 Å². The zero-order valence-corrected chi connectivity index (χ0v) is 18.6. The largest absolute Gasteiger partial charge is 0.378 e. The average molecular weight is 438 g/mol. The summed E-state index contributed by atoms with van der Waals surface area (Å²) in [4.78, 5) is 24.0. The van der Waals surface area contributed by atoms with E-state index in [1.807, 2.05) is 11.0 Å². The van der Waals surface area contributed by atoms with Crippen LogP contribution in [0.25, 0.3) is 10.2 Å². The quantitative estimate of drug-likeness (QED) is 0.624. The Bertz CT molecular complexity index is 1080. The molecule has 0 radical (unpaired) electrons. The number of ether oxygens (including phenoxy) is 2. The number of amides is 1. The van der Waals surface area contributed by atoms with Gasteiger partial charge in [0.15, 0.2) is 0 Å². The van der Waals surface area contributed by atoms with Gasteiger partial charge in [-0.1, -0.05) is 30.3 Å². The highest BCUT2D eigenvalue weighted by atomic mass is 32.1. The fourth-order valence-electron chi connectivity index (χ4n) is 4.39. The van der Waals surface area contributed by atoms with E-state index < -0.39 is 0 Å². The summed E-state index contributed by atoms with van der Waals surface area (Å²) in [7, 11) is 0. The number of aromatic nitrogens is 1. The van der Waals surface area contributed by atoms with Crippen LogP contribution in [0.2, 0.25) is 0 Å². The molecule has 0 spiro atoms. The molecule has 0 N–H and O–H groups in total. The predicted molar refractivity (Wildman–Crippen MR) is 121 cm³/mol. The predicted octanol–water partition coefficient (Wildman–Crippen LogP) is 3.65. The van der Waals surface area contributed by atoms with Gasteiger partial charge in [0, 0.05) is 49.9 Å². The summed E-state index contributed by atoms with van der Waals surface area (Å²) in [5, 5.41) is 1.03. The van der Waals surface area contributed by atoms with Gasteiger partial charge in [0.2, 0.25) is 0 Å². The molecule has 2 saturated heterocycles. The first-order valence-electron chi connectivity index (χ1n) is 10.8. The molecule has 0 saturated carbocycles. The van der Waals surface area contributed by atoms with Crippen LogP contribution in [-0.2, 0) is 16.0 Å². The summed E-state index contributed by atoms with van der Waals surface area (Å²) in [6.07, 6.45) is 1.65. The Hall–Kier alpha value is -2.32. The van der Waals surface area contributed by atoms with Crippen LogP contribution in [0.5, 0.6) is 0 Å². The van der Waals surface area contributed by atoms with Gasteiger partial charge in [0.1, 0.15) is 9.71 Å². The number of hydrogen-bond donors (Lipinski definition) is 0. The number of carbonyl (C=O) groups is 1. The number of fused-ring (bicyclic) bond motifs is 1. The fourth-order valence-corrected chi connectivity index (χ4v) is 5.55. The summed E-state index contributed by atoms with van der Waals surface area (Å²) < 4.78 is 11.7. The van der Waals surface area contributed by atoms with Gasteiger partial charge in [-0.3, -0.25) is 9.69 Å². The average Bonchev–Trinajstić information content (AvgIpc) is 3.20. The Morgan fingerprint density at radius 2 is 1.97 bits per heavy atom. The Morgan fingerprint density at radius 1 is 1.13 bits per heavy atom. The highest BCUT2D eigenvalue weighted by Crippen LogP contribution is 2.38. The molecule has 2 aromatic heterocycles. The van der Waals surface area contributed by atoms with Crippen LogP contribution in [-0.4, -0.2) is 66.7 Å². The van der Waals surface area contributed by atoms with Crippen molar-refractivity contribution in [2.24, 2.45) is 0 Å². The van der Waals surface area contributed by atoms with Crippen LogP contribution in [0.3, 0.4) is 0 Å². The van der Waals surface area contributed by atoms with Crippen molar-refractivity contribution in [2.45, 2.75) is 19.6 Å². The summed E-state index contributed by atoms with van der Waals surface area (Å²) in [6.45, 7) is 7.79. The molecule has 2 aliphatic heterocycles. The molecule has 3 aromatic rings. The lowest BCUT2D eigenvalue weighted by Crippen LogP contribution is -2.41. The number of hydrogen-bond acceptors (Lipinski definition) is 6. The van der Waals surface area contributed by atoms with E-state index >= 15 is 0 Å². The highest BCUT2D eigenvalue weighted by molar-refractivity contribution is 7.20. The van der Waals surface area contributed by atoms with E-state index in [0.29, 0.717) is 32.9 Å². The number of carbonyl (C=O) groups excluding carboxylic acids is 1. The van der Waals surface area contributed by atoms with Crippen molar-refractivity contribution in [2.75, 3.05) is 46.0 Å². The van der Waals surface area contributed by atoms with Gasteiger partial charge in [-0.2, -0.15) is 0 Å². The van der Waals surface area contributed by atoms with Gasteiger partial charge in [-0.25, -0.2) is 4.98 Å². The first-order chi connectivity index (χ1) is 15.2. The topological polar surface area (TPSA) is 54.9 Å². The molecule has 1 aromatic carbocycles. The fraction of sp³-hybridized carbons (Fsp3) is 0.417. The molecule has 31 heavy (non-hydrogen) atoms. The van der Waals surface area contributed by atoms with Gasteiger partial charge >= 0.3 is 0 Å². The zero-order valence-electron chi connectivity index (χ0n) is 17.8. The van der Waals surface area contributed by atoms with E-state index in [1.54, 1.807) is 6.20 Å². The van der Waals surface area contributed by atoms with Crippen molar-refractivity contribution in [3.05, 3.63) is 64.2 Å². The molecule has 2 fully saturated rings. The lowest BCUT2D eigenvalue weighted by atomic mass is 10.0. The standard InChI is InChI=1S/C24H27N3O3S/c1-17-5-2-3-6-18(17)15-26-9-14-30-20(16-26)21-19-7-4-8-25-23(19)31-22(21)24(28)27-10-12-29-13-11-27/h2-8,20H,9-16H2,1H3. The molecular formula is C24H27N3O3S. The highest BCUT2D eigenvalue weighted by Gasteiger charge is 2.32. The molecular weight excluding hydrogens is 410 g/mol. The summed E-state index contributed by atoms with van der Waals surface area (Å²) >= 11 is 1.49. The normalized spacial score (nSPS) is 20.3. The zero-order chi connectivity index (χ0) is 21.2. The number of rotatable bonds is 4. The molecule has 1 unspecified atom stereocenters. The molecule has 2 aliphatic rings. The van der Waals surface area contributed by atoms with Gasteiger partial charge in [0.25, 0.3) is 5.91 Å². The van der Waals surface area contributed by atoms with Gasteiger partial charge < -0.3 is 14.4 Å². The lowest BCUT2D eigenvalue weighted by molar-refractivity contribution is -0.0325. The minimum atomic E-state index is -0.143. The van der Waals surface area contributed by atoms with Crippen LogP contribution in [0.4, 0.5) is 0 Å². The van der Waals surface area contributed by atoms with Crippen molar-refractivity contribution >= 4 is 27.5 Å². The van der Waals surface area contributed by atoms with Crippen molar-refractivity contribution < 1.29 is 14.3 Å². The van der Waals surface area contributed by atoms with E-state index in [1.165, 1.54) is 22.5 Å². The number of aryl methyl sites for hydroxylation is 1. The molecule has 1 amide bonds. The maximum Gasteiger partial charge on any atom is 0.264 e. The molecule has 0 bridgehead atoms. The maximum absolute atomic E-state index is 13.4. The second-order valence-electron chi connectivity index (χ2n) is 8.13. The van der Waals surface area contributed by atoms with E-state index in [4.69, 9.17) is 9.47 Å². The molecule has 6 nitrogen and oxygen atoms in total. The second-order valence-corrected chi connectivity index (χ2v) is 9.13. The molecule has 4 heterocycles. The SMILES string of the molecule is Cc1ccccc1CN1CCOC(c2c(C(=O)N3CCOCC3)sc3ncccc23)C1. The molecule has 1 atom stereocenters. The molecule has 0 aliphatic carbocycles.